The Balaban J connectivity index is 2.22. The van der Waals surface area contributed by atoms with E-state index in [0.29, 0.717) is 6.54 Å². The molecule has 2 amide bonds. The second-order valence-electron chi connectivity index (χ2n) is 6.38. The summed E-state index contributed by atoms with van der Waals surface area (Å²) in [4.78, 5) is 20.6. The molecule has 0 aromatic carbocycles. The molecule has 5 heteroatoms. The van der Waals surface area contributed by atoms with Crippen molar-refractivity contribution in [1.29, 1.82) is 0 Å². The molecule has 0 aliphatic carbocycles. The van der Waals surface area contributed by atoms with E-state index in [1.54, 1.807) is 11.1 Å². The Morgan fingerprint density at radius 3 is 2.60 bits per heavy atom. The fourth-order valence-electron chi connectivity index (χ4n) is 2.74. The lowest BCUT2D eigenvalue weighted by Gasteiger charge is -2.42. The summed E-state index contributed by atoms with van der Waals surface area (Å²) in [5.74, 6) is 0. The maximum Gasteiger partial charge on any atom is 0.325 e. The third-order valence-electron chi connectivity index (χ3n) is 3.99. The number of nitrogens with zero attached hydrogens (tertiary/aromatic N) is 4. The molecular weight excluding hydrogens is 252 g/mol. The van der Waals surface area contributed by atoms with Crippen molar-refractivity contribution in [2.45, 2.75) is 32.9 Å². The number of carbonyl (C=O) groups excluding carboxylic acids is 1. The molecule has 2 aromatic rings. The SMILES string of the molecule is CN1C(=O)N(C(C)(C)C)Cc2c1cnc1c2ccn1C. The molecule has 5 nitrogen and oxygen atoms in total. The van der Waals surface area contributed by atoms with Crippen molar-refractivity contribution < 1.29 is 4.79 Å². The van der Waals surface area contributed by atoms with Crippen molar-refractivity contribution in [2.75, 3.05) is 11.9 Å². The van der Waals surface area contributed by atoms with E-state index in [0.717, 1.165) is 16.7 Å². The van der Waals surface area contributed by atoms with E-state index in [1.807, 2.05) is 29.8 Å². The Bertz CT molecular complexity index is 696. The second-order valence-corrected chi connectivity index (χ2v) is 6.38. The number of anilines is 1. The van der Waals surface area contributed by atoms with Gasteiger partial charge in [-0.25, -0.2) is 9.78 Å². The summed E-state index contributed by atoms with van der Waals surface area (Å²) in [5.41, 5.74) is 2.84. The number of fused-ring (bicyclic) bond motifs is 3. The monoisotopic (exact) mass is 272 g/mol. The lowest BCUT2D eigenvalue weighted by Crippen LogP contribution is -2.53. The van der Waals surface area contributed by atoms with Crippen molar-refractivity contribution in [1.82, 2.24) is 14.5 Å². The van der Waals surface area contributed by atoms with Crippen molar-refractivity contribution in [3.05, 3.63) is 24.0 Å². The van der Waals surface area contributed by atoms with Gasteiger partial charge in [-0.1, -0.05) is 0 Å². The van der Waals surface area contributed by atoms with Crippen LogP contribution in [0.4, 0.5) is 10.5 Å². The molecule has 0 saturated heterocycles. The van der Waals surface area contributed by atoms with E-state index < -0.39 is 0 Å². The summed E-state index contributed by atoms with van der Waals surface area (Å²) < 4.78 is 2.01. The quantitative estimate of drug-likeness (QED) is 0.740. The van der Waals surface area contributed by atoms with Crippen LogP contribution in [0, 0.1) is 0 Å². The van der Waals surface area contributed by atoms with Crippen LogP contribution in [0.25, 0.3) is 11.0 Å². The van der Waals surface area contributed by atoms with Crippen molar-refractivity contribution in [3.63, 3.8) is 0 Å². The molecule has 0 atom stereocenters. The van der Waals surface area contributed by atoms with E-state index in [1.165, 1.54) is 5.56 Å². The third-order valence-corrected chi connectivity index (χ3v) is 3.99. The first-order valence-electron chi connectivity index (χ1n) is 6.79. The van der Waals surface area contributed by atoms with Crippen LogP contribution in [-0.4, -0.2) is 33.1 Å². The van der Waals surface area contributed by atoms with Gasteiger partial charge in [0.25, 0.3) is 0 Å². The van der Waals surface area contributed by atoms with Crippen LogP contribution in [0.1, 0.15) is 26.3 Å². The number of amides is 2. The van der Waals surface area contributed by atoms with Gasteiger partial charge < -0.3 is 9.47 Å². The van der Waals surface area contributed by atoms with Gasteiger partial charge in [0.05, 0.1) is 18.4 Å². The van der Waals surface area contributed by atoms with E-state index >= 15 is 0 Å². The standard InChI is InChI=1S/C15H20N4O/c1-15(2,3)19-9-11-10-6-7-17(4)13(10)16-8-12(11)18(5)14(19)20/h6-8H,9H2,1-5H3. The minimum atomic E-state index is -0.201. The Kier molecular flexibility index (Phi) is 2.58. The van der Waals surface area contributed by atoms with E-state index in [2.05, 4.69) is 31.8 Å². The minimum Gasteiger partial charge on any atom is -0.336 e. The van der Waals surface area contributed by atoms with E-state index in [9.17, 15) is 4.79 Å². The van der Waals surface area contributed by atoms with Crippen molar-refractivity contribution in [2.24, 2.45) is 7.05 Å². The summed E-state index contributed by atoms with van der Waals surface area (Å²) in [7, 11) is 3.80. The topological polar surface area (TPSA) is 41.4 Å². The average Bonchev–Trinajstić information content (AvgIpc) is 2.74. The molecule has 0 saturated carbocycles. The average molecular weight is 272 g/mol. The largest absolute Gasteiger partial charge is 0.336 e. The molecule has 0 N–H and O–H groups in total. The zero-order valence-corrected chi connectivity index (χ0v) is 12.6. The van der Waals surface area contributed by atoms with Crippen LogP contribution >= 0.6 is 0 Å². The molecule has 1 aliphatic heterocycles. The number of aryl methyl sites for hydroxylation is 1. The Labute approximate surface area is 118 Å². The molecule has 0 unspecified atom stereocenters. The molecule has 0 bridgehead atoms. The molecule has 0 spiro atoms. The van der Waals surface area contributed by atoms with Crippen LogP contribution in [0.5, 0.6) is 0 Å². The van der Waals surface area contributed by atoms with E-state index in [-0.39, 0.29) is 11.6 Å². The molecule has 2 aromatic heterocycles. The van der Waals surface area contributed by atoms with Gasteiger partial charge in [0, 0.05) is 36.8 Å². The van der Waals surface area contributed by atoms with Crippen LogP contribution in [0.3, 0.4) is 0 Å². The molecule has 0 fully saturated rings. The fourth-order valence-corrected chi connectivity index (χ4v) is 2.74. The Morgan fingerprint density at radius 1 is 1.25 bits per heavy atom. The van der Waals surface area contributed by atoms with Gasteiger partial charge >= 0.3 is 6.03 Å². The maximum atomic E-state index is 12.5. The Morgan fingerprint density at radius 2 is 1.95 bits per heavy atom. The summed E-state index contributed by atoms with van der Waals surface area (Å²) >= 11 is 0. The van der Waals surface area contributed by atoms with Crippen molar-refractivity contribution in [3.8, 4) is 0 Å². The summed E-state index contributed by atoms with van der Waals surface area (Å²) in [5, 5.41) is 1.12. The number of hydrogen-bond donors (Lipinski definition) is 0. The maximum absolute atomic E-state index is 12.5. The Hall–Kier alpha value is -2.04. The smallest absolute Gasteiger partial charge is 0.325 e. The normalized spacial score (nSPS) is 15.9. The van der Waals surface area contributed by atoms with Gasteiger partial charge in [0.2, 0.25) is 0 Å². The molecular formula is C15H20N4O. The van der Waals surface area contributed by atoms with Crippen LogP contribution in [0.2, 0.25) is 0 Å². The van der Waals surface area contributed by atoms with Crippen LogP contribution in [-0.2, 0) is 13.6 Å². The predicted octanol–water partition coefficient (Wildman–Crippen LogP) is 2.74. The lowest BCUT2D eigenvalue weighted by atomic mass is 10.0. The molecule has 3 rings (SSSR count). The predicted molar refractivity (Wildman–Crippen MR) is 79.8 cm³/mol. The van der Waals surface area contributed by atoms with Crippen molar-refractivity contribution >= 4 is 22.8 Å². The highest BCUT2D eigenvalue weighted by Gasteiger charge is 2.35. The molecule has 0 radical (unpaired) electrons. The number of rotatable bonds is 0. The first-order chi connectivity index (χ1) is 9.30. The van der Waals surface area contributed by atoms with Gasteiger partial charge in [0.15, 0.2) is 0 Å². The zero-order valence-electron chi connectivity index (χ0n) is 12.6. The van der Waals surface area contributed by atoms with Gasteiger partial charge in [-0.2, -0.15) is 0 Å². The second kappa shape index (κ2) is 3.98. The van der Waals surface area contributed by atoms with Crippen LogP contribution in [0.15, 0.2) is 18.5 Å². The van der Waals surface area contributed by atoms with Gasteiger partial charge in [-0.05, 0) is 26.8 Å². The third kappa shape index (κ3) is 1.69. The molecule has 1 aliphatic rings. The highest BCUT2D eigenvalue weighted by Crippen LogP contribution is 2.35. The van der Waals surface area contributed by atoms with Gasteiger partial charge in [0.1, 0.15) is 5.65 Å². The molecule has 3 heterocycles. The number of urea groups is 1. The first kappa shape index (κ1) is 13.0. The fraction of sp³-hybridized carbons (Fsp3) is 0.467. The molecule has 20 heavy (non-hydrogen) atoms. The summed E-state index contributed by atoms with van der Waals surface area (Å²) in [6.07, 6.45) is 3.81. The highest BCUT2D eigenvalue weighted by molar-refractivity contribution is 5.98. The van der Waals surface area contributed by atoms with Gasteiger partial charge in [-0.3, -0.25) is 4.90 Å². The van der Waals surface area contributed by atoms with Crippen LogP contribution < -0.4 is 4.90 Å². The van der Waals surface area contributed by atoms with Gasteiger partial charge in [-0.15, -0.1) is 0 Å². The number of pyridine rings is 1. The first-order valence-corrected chi connectivity index (χ1v) is 6.79. The van der Waals surface area contributed by atoms with E-state index in [4.69, 9.17) is 0 Å². The lowest BCUT2D eigenvalue weighted by molar-refractivity contribution is 0.143. The minimum absolute atomic E-state index is 0.0297. The number of hydrogen-bond acceptors (Lipinski definition) is 2. The number of aromatic nitrogens is 2. The zero-order chi connectivity index (χ0) is 14.7. The highest BCUT2D eigenvalue weighted by atomic mass is 16.2. The number of carbonyl (C=O) groups is 1. The molecule has 106 valence electrons. The summed E-state index contributed by atoms with van der Waals surface area (Å²) in [6, 6.07) is 2.10. The summed E-state index contributed by atoms with van der Waals surface area (Å²) in [6.45, 7) is 6.82.